The van der Waals surface area contributed by atoms with Crippen LogP contribution in [0.15, 0.2) is 39.9 Å². The van der Waals surface area contributed by atoms with Gasteiger partial charge in [0, 0.05) is 25.3 Å². The fraction of sp³-hybridized carbons (Fsp3) is 0.417. The van der Waals surface area contributed by atoms with Crippen LogP contribution in [0.25, 0.3) is 10.9 Å². The Hall–Kier alpha value is -3.47. The van der Waals surface area contributed by atoms with Gasteiger partial charge in [0.05, 0.1) is 24.6 Å². The fourth-order valence-corrected chi connectivity index (χ4v) is 4.19. The Morgan fingerprint density at radius 1 is 1.11 bits per heavy atom. The van der Waals surface area contributed by atoms with Crippen molar-refractivity contribution in [2.75, 3.05) is 33.7 Å². The van der Waals surface area contributed by atoms with E-state index in [4.69, 9.17) is 14.2 Å². The Morgan fingerprint density at radius 3 is 2.49 bits per heavy atom. The van der Waals surface area contributed by atoms with E-state index in [1.165, 1.54) is 23.8 Å². The quantitative estimate of drug-likeness (QED) is 0.518. The number of alkyl halides is 2. The molecule has 1 aliphatic heterocycles. The van der Waals surface area contributed by atoms with E-state index >= 15 is 0 Å². The Balaban J connectivity index is 1.92. The Labute approximate surface area is 198 Å². The molecule has 2 aromatic carbocycles. The number of aromatic hydroxyl groups is 1. The molecule has 1 saturated heterocycles. The smallest absolute Gasteiger partial charge is 0.332 e. The molecule has 0 saturated carbocycles. The van der Waals surface area contributed by atoms with Gasteiger partial charge in [0.25, 0.3) is 5.56 Å². The molecule has 0 unspecified atom stereocenters. The van der Waals surface area contributed by atoms with E-state index in [9.17, 15) is 27.9 Å². The highest BCUT2D eigenvalue weighted by atomic mass is 19.1. The molecule has 0 atom stereocenters. The summed E-state index contributed by atoms with van der Waals surface area (Å²) >= 11 is 0. The molecule has 1 aliphatic rings. The second-order valence-corrected chi connectivity index (χ2v) is 8.24. The van der Waals surface area contributed by atoms with Crippen molar-refractivity contribution in [1.82, 2.24) is 9.13 Å². The summed E-state index contributed by atoms with van der Waals surface area (Å²) in [5, 5.41) is 9.83. The predicted molar refractivity (Wildman–Crippen MR) is 122 cm³/mol. The SMILES string of the molecule is COc1cc(Cn2c(=O)c3cc(OC(CF)CF)c(F)cc3n(C3CCOCC3)c2=O)ccc1O. The molecule has 11 heteroatoms. The highest BCUT2D eigenvalue weighted by molar-refractivity contribution is 5.80. The number of aromatic nitrogens is 2. The Kier molecular flexibility index (Phi) is 7.34. The van der Waals surface area contributed by atoms with Crippen LogP contribution in [0, 0.1) is 5.82 Å². The molecule has 188 valence electrons. The summed E-state index contributed by atoms with van der Waals surface area (Å²) in [5.41, 5.74) is -0.791. The van der Waals surface area contributed by atoms with Crippen molar-refractivity contribution in [3.63, 3.8) is 0 Å². The molecule has 1 N–H and O–H groups in total. The van der Waals surface area contributed by atoms with E-state index in [1.807, 2.05) is 0 Å². The van der Waals surface area contributed by atoms with Crippen molar-refractivity contribution in [2.45, 2.75) is 31.5 Å². The fourth-order valence-electron chi connectivity index (χ4n) is 4.19. The monoisotopic (exact) mass is 494 g/mol. The lowest BCUT2D eigenvalue weighted by atomic mass is 10.1. The number of nitrogens with zero attached hydrogens (tertiary/aromatic N) is 2. The summed E-state index contributed by atoms with van der Waals surface area (Å²) < 4.78 is 58.8. The van der Waals surface area contributed by atoms with Crippen molar-refractivity contribution in [3.05, 3.63) is 62.6 Å². The van der Waals surface area contributed by atoms with E-state index in [0.29, 0.717) is 31.6 Å². The molecule has 4 rings (SSSR count). The lowest BCUT2D eigenvalue weighted by Crippen LogP contribution is -2.42. The number of ether oxygens (including phenoxy) is 3. The average molecular weight is 494 g/mol. The molecule has 0 aliphatic carbocycles. The minimum Gasteiger partial charge on any atom is -0.504 e. The third-order valence-electron chi connectivity index (χ3n) is 6.00. The van der Waals surface area contributed by atoms with E-state index in [0.717, 1.165) is 16.7 Å². The minimum absolute atomic E-state index is 0.0327. The number of rotatable bonds is 8. The van der Waals surface area contributed by atoms with Crippen LogP contribution in [0.1, 0.15) is 24.4 Å². The second kappa shape index (κ2) is 10.4. The summed E-state index contributed by atoms with van der Waals surface area (Å²) in [6, 6.07) is 6.14. The van der Waals surface area contributed by atoms with Gasteiger partial charge >= 0.3 is 5.69 Å². The van der Waals surface area contributed by atoms with Gasteiger partial charge in [0.15, 0.2) is 29.2 Å². The number of halogens is 3. The number of benzene rings is 2. The molecule has 35 heavy (non-hydrogen) atoms. The highest BCUT2D eigenvalue weighted by Crippen LogP contribution is 2.29. The van der Waals surface area contributed by atoms with Gasteiger partial charge in [-0.3, -0.25) is 13.9 Å². The predicted octanol–water partition coefficient (Wildman–Crippen LogP) is 3.10. The molecule has 1 fully saturated rings. The van der Waals surface area contributed by atoms with Crippen LogP contribution in [0.2, 0.25) is 0 Å². The molecular formula is C24H25F3N2O6. The van der Waals surface area contributed by atoms with Crippen LogP contribution >= 0.6 is 0 Å². The topological polar surface area (TPSA) is 91.9 Å². The van der Waals surface area contributed by atoms with E-state index in [1.54, 1.807) is 6.07 Å². The maximum atomic E-state index is 14.9. The zero-order valence-electron chi connectivity index (χ0n) is 19.0. The van der Waals surface area contributed by atoms with Gasteiger partial charge in [-0.25, -0.2) is 18.0 Å². The van der Waals surface area contributed by atoms with E-state index in [-0.39, 0.29) is 35.0 Å². The van der Waals surface area contributed by atoms with Crippen molar-refractivity contribution in [3.8, 4) is 17.2 Å². The van der Waals surface area contributed by atoms with Gasteiger partial charge in [0.1, 0.15) is 13.3 Å². The zero-order valence-corrected chi connectivity index (χ0v) is 19.0. The molecular weight excluding hydrogens is 469 g/mol. The molecule has 2 heterocycles. The molecule has 1 aromatic heterocycles. The molecule has 0 bridgehead atoms. The zero-order chi connectivity index (χ0) is 25.1. The molecule has 0 amide bonds. The third-order valence-corrected chi connectivity index (χ3v) is 6.00. The van der Waals surface area contributed by atoms with E-state index in [2.05, 4.69) is 0 Å². The lowest BCUT2D eigenvalue weighted by Gasteiger charge is -2.26. The first-order chi connectivity index (χ1) is 16.9. The number of fused-ring (bicyclic) bond motifs is 1. The maximum Gasteiger partial charge on any atom is 0.332 e. The number of phenolic OH excluding ortho intramolecular Hbond substituents is 1. The van der Waals surface area contributed by atoms with Crippen LogP contribution < -0.4 is 20.7 Å². The summed E-state index contributed by atoms with van der Waals surface area (Å²) in [5.74, 6) is -1.36. The lowest BCUT2D eigenvalue weighted by molar-refractivity contribution is 0.0691. The second-order valence-electron chi connectivity index (χ2n) is 8.24. The first-order valence-electron chi connectivity index (χ1n) is 11.1. The van der Waals surface area contributed by atoms with Gasteiger partial charge in [-0.15, -0.1) is 0 Å². The summed E-state index contributed by atoms with van der Waals surface area (Å²) in [4.78, 5) is 27.0. The summed E-state index contributed by atoms with van der Waals surface area (Å²) in [6.07, 6.45) is -0.562. The molecule has 0 spiro atoms. The van der Waals surface area contributed by atoms with Crippen LogP contribution in [0.4, 0.5) is 13.2 Å². The van der Waals surface area contributed by atoms with Crippen LogP contribution in [-0.4, -0.2) is 54.0 Å². The largest absolute Gasteiger partial charge is 0.504 e. The van der Waals surface area contributed by atoms with Gasteiger partial charge in [-0.1, -0.05) is 6.07 Å². The number of methoxy groups -OCH3 is 1. The summed E-state index contributed by atoms with van der Waals surface area (Å²) in [6.45, 7) is -1.72. The number of phenols is 1. The number of hydrogen-bond acceptors (Lipinski definition) is 6. The Morgan fingerprint density at radius 2 is 1.83 bits per heavy atom. The molecule has 8 nitrogen and oxygen atoms in total. The van der Waals surface area contributed by atoms with Crippen LogP contribution in [-0.2, 0) is 11.3 Å². The van der Waals surface area contributed by atoms with Gasteiger partial charge in [-0.05, 0) is 36.6 Å². The molecule has 0 radical (unpaired) electrons. The van der Waals surface area contributed by atoms with Crippen molar-refractivity contribution < 1.29 is 32.5 Å². The molecule has 3 aromatic rings. The van der Waals surface area contributed by atoms with Gasteiger partial charge in [0.2, 0.25) is 0 Å². The summed E-state index contributed by atoms with van der Waals surface area (Å²) in [7, 11) is 1.37. The van der Waals surface area contributed by atoms with Gasteiger partial charge in [-0.2, -0.15) is 0 Å². The first-order valence-corrected chi connectivity index (χ1v) is 11.1. The van der Waals surface area contributed by atoms with Gasteiger partial charge < -0.3 is 19.3 Å². The van der Waals surface area contributed by atoms with Crippen LogP contribution in [0.3, 0.4) is 0 Å². The Bertz CT molecular complexity index is 1330. The standard InChI is InChI=1S/C24H25F3N2O6/c1-33-22-8-14(2-3-20(22)30)13-28-23(31)17-9-21(35-16(11-25)12-26)18(27)10-19(17)29(24(28)32)15-4-6-34-7-5-15/h2-3,8-10,15-16,30H,4-7,11-13H2,1H3. The van der Waals surface area contributed by atoms with Crippen molar-refractivity contribution in [2.24, 2.45) is 0 Å². The average Bonchev–Trinajstić information content (AvgIpc) is 2.87. The van der Waals surface area contributed by atoms with E-state index < -0.39 is 42.3 Å². The van der Waals surface area contributed by atoms with Crippen LogP contribution in [0.5, 0.6) is 17.2 Å². The van der Waals surface area contributed by atoms with Crippen molar-refractivity contribution in [1.29, 1.82) is 0 Å². The third kappa shape index (κ3) is 4.86. The minimum atomic E-state index is -1.52. The first kappa shape index (κ1) is 24.6. The highest BCUT2D eigenvalue weighted by Gasteiger charge is 2.25. The normalized spacial score (nSPS) is 14.5. The number of hydrogen-bond donors (Lipinski definition) is 1. The van der Waals surface area contributed by atoms with Crippen molar-refractivity contribution >= 4 is 10.9 Å². The maximum absolute atomic E-state index is 14.9.